The second kappa shape index (κ2) is 8.31. The number of piperidine rings is 1. The van der Waals surface area contributed by atoms with E-state index in [1.54, 1.807) is 0 Å². The summed E-state index contributed by atoms with van der Waals surface area (Å²) in [6, 6.07) is 3.15. The molecule has 28 heavy (non-hydrogen) atoms. The van der Waals surface area contributed by atoms with Crippen molar-refractivity contribution in [3.05, 3.63) is 52.7 Å². The van der Waals surface area contributed by atoms with Crippen molar-refractivity contribution in [1.29, 1.82) is 0 Å². The highest BCUT2D eigenvalue weighted by atomic mass is 19.1. The first kappa shape index (κ1) is 18.9. The SMILES string of the molecule is O=C(Cc1cncc(F)c1)c1cc(N2CCC(F)CC2)nc2c1CCOCC2. The van der Waals surface area contributed by atoms with Crippen molar-refractivity contribution in [3.8, 4) is 0 Å². The van der Waals surface area contributed by atoms with Crippen LogP contribution >= 0.6 is 0 Å². The van der Waals surface area contributed by atoms with Gasteiger partial charge < -0.3 is 9.64 Å². The van der Waals surface area contributed by atoms with Crippen LogP contribution < -0.4 is 4.90 Å². The number of nitrogens with zero attached hydrogens (tertiary/aromatic N) is 3. The number of pyridine rings is 2. The molecule has 0 bridgehead atoms. The summed E-state index contributed by atoms with van der Waals surface area (Å²) in [5, 5.41) is 0. The third-order valence-electron chi connectivity index (χ3n) is 5.35. The second-order valence-electron chi connectivity index (χ2n) is 7.34. The maximum atomic E-state index is 13.5. The Morgan fingerprint density at radius 3 is 2.75 bits per heavy atom. The minimum Gasteiger partial charge on any atom is -0.381 e. The number of hydrogen-bond acceptors (Lipinski definition) is 5. The van der Waals surface area contributed by atoms with Gasteiger partial charge in [-0.25, -0.2) is 13.8 Å². The van der Waals surface area contributed by atoms with Crippen LogP contribution in [0.4, 0.5) is 14.6 Å². The average Bonchev–Trinajstić information content (AvgIpc) is 2.93. The van der Waals surface area contributed by atoms with Gasteiger partial charge in [-0.1, -0.05) is 0 Å². The van der Waals surface area contributed by atoms with Crippen molar-refractivity contribution in [2.45, 2.75) is 38.3 Å². The fraction of sp³-hybridized carbons (Fsp3) is 0.476. The smallest absolute Gasteiger partial charge is 0.167 e. The van der Waals surface area contributed by atoms with Crippen molar-refractivity contribution in [1.82, 2.24) is 9.97 Å². The summed E-state index contributed by atoms with van der Waals surface area (Å²) in [6.07, 6.45) is 4.15. The van der Waals surface area contributed by atoms with Gasteiger partial charge in [0.15, 0.2) is 5.78 Å². The van der Waals surface area contributed by atoms with Crippen LogP contribution in [0.1, 0.15) is 40.0 Å². The van der Waals surface area contributed by atoms with Gasteiger partial charge in [-0.2, -0.15) is 0 Å². The lowest BCUT2D eigenvalue weighted by atomic mass is 9.95. The summed E-state index contributed by atoms with van der Waals surface area (Å²) in [6.45, 7) is 2.29. The molecule has 0 atom stereocenters. The van der Waals surface area contributed by atoms with Crippen LogP contribution in [-0.2, 0) is 24.0 Å². The summed E-state index contributed by atoms with van der Waals surface area (Å²) in [5.74, 6) is 0.171. The minimum absolute atomic E-state index is 0.0774. The monoisotopic (exact) mass is 387 g/mol. The summed E-state index contributed by atoms with van der Waals surface area (Å²) < 4.78 is 32.5. The Hall–Kier alpha value is -2.41. The summed E-state index contributed by atoms with van der Waals surface area (Å²) in [4.78, 5) is 23.8. The molecule has 0 unspecified atom stereocenters. The van der Waals surface area contributed by atoms with E-state index in [2.05, 4.69) is 4.98 Å². The van der Waals surface area contributed by atoms with Crippen molar-refractivity contribution in [3.63, 3.8) is 0 Å². The van der Waals surface area contributed by atoms with E-state index in [0.717, 1.165) is 17.5 Å². The maximum Gasteiger partial charge on any atom is 0.167 e. The third kappa shape index (κ3) is 4.19. The van der Waals surface area contributed by atoms with E-state index in [0.29, 0.717) is 68.9 Å². The zero-order chi connectivity index (χ0) is 19.5. The number of carbonyl (C=O) groups is 1. The molecule has 0 aliphatic carbocycles. The third-order valence-corrected chi connectivity index (χ3v) is 5.35. The van der Waals surface area contributed by atoms with Gasteiger partial charge in [0.1, 0.15) is 17.8 Å². The first-order valence-electron chi connectivity index (χ1n) is 9.72. The van der Waals surface area contributed by atoms with Crippen molar-refractivity contribution in [2.75, 3.05) is 31.2 Å². The molecule has 0 N–H and O–H groups in total. The molecule has 0 radical (unpaired) electrons. The zero-order valence-corrected chi connectivity index (χ0v) is 15.7. The van der Waals surface area contributed by atoms with Crippen molar-refractivity contribution in [2.24, 2.45) is 0 Å². The Kier molecular flexibility index (Phi) is 5.62. The number of anilines is 1. The number of alkyl halides is 1. The van der Waals surface area contributed by atoms with Gasteiger partial charge in [0.25, 0.3) is 0 Å². The predicted molar refractivity (Wildman–Crippen MR) is 101 cm³/mol. The van der Waals surface area contributed by atoms with E-state index < -0.39 is 12.0 Å². The number of fused-ring (bicyclic) bond motifs is 1. The number of ether oxygens (including phenoxy) is 1. The van der Waals surface area contributed by atoms with Gasteiger partial charge in [0, 0.05) is 43.4 Å². The molecule has 7 heteroatoms. The maximum absolute atomic E-state index is 13.5. The van der Waals surface area contributed by atoms with Crippen molar-refractivity contribution < 1.29 is 18.3 Å². The van der Waals surface area contributed by atoms with Gasteiger partial charge in [0.05, 0.1) is 19.4 Å². The van der Waals surface area contributed by atoms with Crippen LogP contribution in [0.3, 0.4) is 0 Å². The van der Waals surface area contributed by atoms with Crippen LogP contribution in [0.15, 0.2) is 24.5 Å². The lowest BCUT2D eigenvalue weighted by molar-refractivity contribution is 0.0991. The molecule has 1 saturated heterocycles. The molecule has 0 spiro atoms. The molecular weight excluding hydrogens is 364 g/mol. The molecule has 5 nitrogen and oxygen atoms in total. The second-order valence-corrected chi connectivity index (χ2v) is 7.34. The summed E-state index contributed by atoms with van der Waals surface area (Å²) in [7, 11) is 0. The highest BCUT2D eigenvalue weighted by Crippen LogP contribution is 2.27. The van der Waals surface area contributed by atoms with Crippen molar-refractivity contribution >= 4 is 11.6 Å². The first-order chi connectivity index (χ1) is 13.6. The number of rotatable bonds is 4. The zero-order valence-electron chi connectivity index (χ0n) is 15.7. The molecular formula is C21H23F2N3O2. The first-order valence-corrected chi connectivity index (χ1v) is 9.72. The molecule has 2 aliphatic rings. The Morgan fingerprint density at radius 1 is 1.18 bits per heavy atom. The Labute approximate surface area is 162 Å². The predicted octanol–water partition coefficient (Wildman–Crippen LogP) is 3.09. The number of carbonyl (C=O) groups excluding carboxylic acids is 1. The summed E-state index contributed by atoms with van der Waals surface area (Å²) in [5.41, 5.74) is 2.94. The fourth-order valence-electron chi connectivity index (χ4n) is 3.86. The Bertz CT molecular complexity index is 867. The quantitative estimate of drug-likeness (QED) is 0.755. The highest BCUT2D eigenvalue weighted by molar-refractivity contribution is 5.99. The molecule has 148 valence electrons. The van der Waals surface area contributed by atoms with Crippen LogP contribution in [0.5, 0.6) is 0 Å². The van der Waals surface area contributed by atoms with E-state index in [1.807, 2.05) is 11.0 Å². The molecule has 4 heterocycles. The van der Waals surface area contributed by atoms with Gasteiger partial charge >= 0.3 is 0 Å². The Morgan fingerprint density at radius 2 is 1.96 bits per heavy atom. The van der Waals surface area contributed by atoms with Crippen LogP contribution in [0, 0.1) is 5.82 Å². The number of halogens is 2. The number of hydrogen-bond donors (Lipinski definition) is 0. The molecule has 0 saturated carbocycles. The standard InChI is InChI=1S/C21H23F2N3O2/c22-15-1-5-26(6-2-15)21-11-18(17-3-7-28-8-4-19(17)25-21)20(27)10-14-9-16(23)13-24-12-14/h9,11-13,15H,1-8,10H2. The largest absolute Gasteiger partial charge is 0.381 e. The molecule has 0 amide bonds. The molecule has 0 aromatic carbocycles. The number of aromatic nitrogens is 2. The minimum atomic E-state index is -0.771. The Balaban J connectivity index is 1.67. The van der Waals surface area contributed by atoms with E-state index in [9.17, 15) is 13.6 Å². The summed E-state index contributed by atoms with van der Waals surface area (Å²) >= 11 is 0. The molecule has 2 aromatic rings. The average molecular weight is 387 g/mol. The van der Waals surface area contributed by atoms with Crippen LogP contribution in [0.25, 0.3) is 0 Å². The van der Waals surface area contributed by atoms with E-state index in [-0.39, 0.29) is 12.2 Å². The van der Waals surface area contributed by atoms with Crippen LogP contribution in [0.2, 0.25) is 0 Å². The van der Waals surface area contributed by atoms with E-state index in [1.165, 1.54) is 12.3 Å². The highest BCUT2D eigenvalue weighted by Gasteiger charge is 2.24. The van der Waals surface area contributed by atoms with E-state index in [4.69, 9.17) is 9.72 Å². The normalized spacial score (nSPS) is 17.9. The van der Waals surface area contributed by atoms with Gasteiger partial charge in [-0.15, -0.1) is 0 Å². The molecule has 2 aliphatic heterocycles. The molecule has 1 fully saturated rings. The van der Waals surface area contributed by atoms with Crippen LogP contribution in [-0.4, -0.2) is 48.2 Å². The number of Topliss-reactive ketones (excluding diaryl/α,β-unsaturated/α-hetero) is 1. The van der Waals surface area contributed by atoms with Gasteiger partial charge in [-0.3, -0.25) is 9.78 Å². The van der Waals surface area contributed by atoms with E-state index >= 15 is 0 Å². The lowest BCUT2D eigenvalue weighted by Crippen LogP contribution is -2.35. The number of ketones is 1. The van der Waals surface area contributed by atoms with Gasteiger partial charge in [0.2, 0.25) is 0 Å². The topological polar surface area (TPSA) is 55.3 Å². The fourth-order valence-corrected chi connectivity index (χ4v) is 3.86. The van der Waals surface area contributed by atoms with Gasteiger partial charge in [-0.05, 0) is 42.5 Å². The molecule has 2 aromatic heterocycles. The lowest BCUT2D eigenvalue weighted by Gasteiger charge is -2.30. The molecule has 4 rings (SSSR count).